The number of ether oxygens (including phenoxy) is 1. The molecular weight excluding hydrogens is 865 g/mol. The Hall–Kier alpha value is -7.89. The maximum absolute atomic E-state index is 9.13. The molecule has 0 radical (unpaired) electrons. The first-order chi connectivity index (χ1) is 34.5. The average Bonchev–Trinajstić information content (AvgIpc) is 3.92. The largest absolute Gasteiger partial charge is 0.457 e. The molecule has 12 rings (SSSR count). The van der Waals surface area contributed by atoms with Gasteiger partial charge in [0, 0.05) is 51.1 Å². The number of rotatable bonds is 5. The third-order valence-electron chi connectivity index (χ3n) is 14.7. The fraction of sp³-hybridized carbons (Fsp3) is 0.197. The van der Waals surface area contributed by atoms with Gasteiger partial charge in [0.2, 0.25) is 0 Å². The minimum absolute atomic E-state index is 0.0260. The molecule has 0 bridgehead atoms. The van der Waals surface area contributed by atoms with Crippen molar-refractivity contribution in [1.82, 2.24) is 14.1 Å². The van der Waals surface area contributed by atoms with Gasteiger partial charge in [-0.2, -0.15) is 0 Å². The number of anilines is 2. The minimum Gasteiger partial charge on any atom is -0.457 e. The second-order valence-electron chi connectivity index (χ2n) is 22.5. The van der Waals surface area contributed by atoms with Crippen LogP contribution in [0.1, 0.15) is 80.4 Å². The van der Waals surface area contributed by atoms with E-state index in [0.29, 0.717) is 12.7 Å². The zero-order valence-corrected chi connectivity index (χ0v) is 42.2. The molecule has 0 amide bonds. The lowest BCUT2D eigenvalue weighted by atomic mass is 9.84. The predicted octanol–water partition coefficient (Wildman–Crippen LogP) is 18.2. The summed E-state index contributed by atoms with van der Waals surface area (Å²) in [6.45, 7) is 20.9. The molecule has 0 aliphatic carbocycles. The molecule has 1 aliphatic rings. The Morgan fingerprint density at radius 3 is 1.85 bits per heavy atom. The maximum atomic E-state index is 9.13. The van der Waals surface area contributed by atoms with Crippen LogP contribution >= 0.6 is 0 Å². The van der Waals surface area contributed by atoms with Gasteiger partial charge in [0.1, 0.15) is 24.0 Å². The zero-order chi connectivity index (χ0) is 49.8. The van der Waals surface area contributed by atoms with E-state index in [-0.39, 0.29) is 16.2 Å². The molecule has 0 saturated heterocycles. The summed E-state index contributed by atoms with van der Waals surface area (Å²) in [5, 5.41) is 9.44. The lowest BCUT2D eigenvalue weighted by Crippen LogP contribution is -2.15. The molecule has 0 spiro atoms. The van der Waals surface area contributed by atoms with E-state index in [0.717, 1.165) is 78.2 Å². The van der Waals surface area contributed by atoms with Crippen LogP contribution in [0.3, 0.4) is 0 Å². The molecule has 1 aliphatic heterocycles. The quantitative estimate of drug-likeness (QED) is 0.173. The van der Waals surface area contributed by atoms with Gasteiger partial charge in [-0.25, -0.2) is 4.98 Å². The van der Waals surface area contributed by atoms with E-state index in [1.165, 1.54) is 43.4 Å². The Balaban J connectivity index is 1.07. The summed E-state index contributed by atoms with van der Waals surface area (Å²) in [6.07, 6.45) is 1.92. The second kappa shape index (κ2) is 16.3. The lowest BCUT2D eigenvalue weighted by molar-refractivity contribution is 0.483. The van der Waals surface area contributed by atoms with Gasteiger partial charge in [-0.15, -0.1) is 0 Å². The predicted molar refractivity (Wildman–Crippen MR) is 301 cm³/mol. The van der Waals surface area contributed by atoms with Gasteiger partial charge in [-0.05, 0) is 115 Å². The van der Waals surface area contributed by atoms with Crippen LogP contribution < -0.4 is 9.64 Å². The molecule has 0 fully saturated rings. The van der Waals surface area contributed by atoms with Gasteiger partial charge in [-0.1, -0.05) is 178 Å². The number of hydrogen-bond acceptors (Lipinski definition) is 3. The maximum Gasteiger partial charge on any atom is 0.137 e. The van der Waals surface area contributed by atoms with E-state index in [1.54, 1.807) is 0 Å². The third-order valence-corrected chi connectivity index (χ3v) is 14.7. The van der Waals surface area contributed by atoms with Crippen LogP contribution in [0.2, 0.25) is 0 Å². The molecule has 3 aromatic heterocycles. The van der Waals surface area contributed by atoms with Gasteiger partial charge in [0.15, 0.2) is 0 Å². The van der Waals surface area contributed by atoms with Gasteiger partial charge >= 0.3 is 0 Å². The van der Waals surface area contributed by atoms with Crippen LogP contribution in [0.15, 0.2) is 188 Å². The molecule has 0 atom stereocenters. The van der Waals surface area contributed by atoms with Gasteiger partial charge in [-0.3, -0.25) is 4.57 Å². The van der Waals surface area contributed by atoms with Crippen molar-refractivity contribution in [3.63, 3.8) is 0 Å². The van der Waals surface area contributed by atoms with Gasteiger partial charge in [0.05, 0.1) is 29.1 Å². The van der Waals surface area contributed by atoms with Crippen molar-refractivity contribution in [2.45, 2.75) is 85.2 Å². The van der Waals surface area contributed by atoms with Crippen molar-refractivity contribution in [3.05, 3.63) is 205 Å². The summed E-state index contributed by atoms with van der Waals surface area (Å²) >= 11 is 0. The Morgan fingerprint density at radius 2 is 1.07 bits per heavy atom. The molecule has 5 nitrogen and oxygen atoms in total. The first-order valence-corrected chi connectivity index (χ1v) is 25.0. The molecule has 11 aromatic rings. The molecule has 0 N–H and O–H groups in total. The number of fused-ring (bicyclic) bond motifs is 10. The van der Waals surface area contributed by atoms with E-state index in [9.17, 15) is 0 Å². The normalized spacial score (nSPS) is 13.3. The van der Waals surface area contributed by atoms with Crippen LogP contribution in [0, 0.1) is 0 Å². The molecule has 0 saturated carbocycles. The van der Waals surface area contributed by atoms with Crippen molar-refractivity contribution in [3.8, 4) is 28.4 Å². The number of aromatic nitrogens is 3. The van der Waals surface area contributed by atoms with Crippen molar-refractivity contribution in [2.75, 3.05) is 4.90 Å². The van der Waals surface area contributed by atoms with Crippen LogP contribution in [-0.4, -0.2) is 14.1 Å². The molecule has 4 heterocycles. The van der Waals surface area contributed by atoms with Crippen LogP contribution in [0.4, 0.5) is 11.4 Å². The Bertz CT molecular complexity index is 4080. The Morgan fingerprint density at radius 1 is 0.465 bits per heavy atom. The average molecular weight is 926 g/mol. The highest BCUT2D eigenvalue weighted by Crippen LogP contribution is 2.46. The van der Waals surface area contributed by atoms with Crippen LogP contribution in [0.25, 0.3) is 82.1 Å². The molecule has 350 valence electrons. The summed E-state index contributed by atoms with van der Waals surface area (Å²) in [4.78, 5) is 7.35. The van der Waals surface area contributed by atoms with E-state index in [2.05, 4.69) is 240 Å². The van der Waals surface area contributed by atoms with Gasteiger partial charge < -0.3 is 14.2 Å². The SMILES string of the molecule is [2H]c1cc(-c2cccc3c4cc(C(C)(C)C)ccc4c4ccccc4c4cccc5c4n(c23)CN5c2cccc(Oc3ccc4c5ccccc5n(-c5cc(C(C)(C)C)ccn5)c4c3)c2)cc(C(C)(C)C)c1. The summed E-state index contributed by atoms with van der Waals surface area (Å²) in [5.41, 5.74) is 12.1. The number of para-hydroxylation sites is 3. The highest BCUT2D eigenvalue weighted by atomic mass is 16.5. The van der Waals surface area contributed by atoms with Crippen molar-refractivity contribution < 1.29 is 6.11 Å². The van der Waals surface area contributed by atoms with Crippen LogP contribution in [-0.2, 0) is 22.9 Å². The number of pyridine rings is 1. The summed E-state index contributed by atoms with van der Waals surface area (Å²) in [5.74, 6) is 2.38. The molecule has 8 aromatic carbocycles. The highest BCUT2D eigenvalue weighted by molar-refractivity contribution is 6.22. The first kappa shape index (κ1) is 43.2. The molecule has 71 heavy (non-hydrogen) atoms. The summed E-state index contributed by atoms with van der Waals surface area (Å²) < 4.78 is 20.8. The molecule has 0 unspecified atom stereocenters. The van der Waals surface area contributed by atoms with Crippen LogP contribution in [0.5, 0.6) is 11.5 Å². The van der Waals surface area contributed by atoms with E-state index in [1.807, 2.05) is 18.3 Å². The minimum atomic E-state index is -0.140. The highest BCUT2D eigenvalue weighted by Gasteiger charge is 2.27. The third kappa shape index (κ3) is 7.58. The number of nitrogens with zero attached hydrogens (tertiary/aromatic N) is 4. The van der Waals surface area contributed by atoms with Crippen molar-refractivity contribution in [1.29, 1.82) is 0 Å². The standard InChI is InChI=1S/C66H60N4O/c1-64(2,3)43-19-14-18-42(36-43)49-25-16-26-56-57-37-44(65(4,5)6)30-32-52(57)50-22-10-11-23-51(50)55-27-17-29-59-63(55)69(62(49)56)41-68(59)46-20-15-21-47(39-46)71-48-31-33-54-53-24-12-13-28-58(53)70(60(54)40-48)61-38-45(34-35-67-61)66(7,8)9/h10-40H,41H2,1-9H3/i14D. The monoisotopic (exact) mass is 925 g/mol. The fourth-order valence-corrected chi connectivity index (χ4v) is 10.8. The Kier molecular flexibility index (Phi) is 9.94. The smallest absolute Gasteiger partial charge is 0.137 e. The number of hydrogen-bond donors (Lipinski definition) is 0. The van der Waals surface area contributed by atoms with E-state index >= 15 is 0 Å². The Labute approximate surface area is 418 Å². The number of benzene rings is 8. The molecule has 5 heteroatoms. The second-order valence-corrected chi connectivity index (χ2v) is 22.5. The molecular formula is C66H60N4O. The van der Waals surface area contributed by atoms with Gasteiger partial charge in [0.25, 0.3) is 0 Å². The lowest BCUT2D eigenvalue weighted by Gasteiger charge is -2.22. The first-order valence-electron chi connectivity index (χ1n) is 25.5. The van der Waals surface area contributed by atoms with E-state index < -0.39 is 0 Å². The van der Waals surface area contributed by atoms with Crippen molar-refractivity contribution in [2.24, 2.45) is 0 Å². The zero-order valence-electron chi connectivity index (χ0n) is 43.2. The summed E-state index contributed by atoms with van der Waals surface area (Å²) in [7, 11) is 0. The topological polar surface area (TPSA) is 35.2 Å². The fourth-order valence-electron chi connectivity index (χ4n) is 10.8. The van der Waals surface area contributed by atoms with E-state index in [4.69, 9.17) is 11.1 Å². The summed E-state index contributed by atoms with van der Waals surface area (Å²) in [6, 6.07) is 64.2. The van der Waals surface area contributed by atoms with Crippen molar-refractivity contribution >= 4 is 76.5 Å².